The van der Waals surface area contributed by atoms with E-state index in [1.165, 1.54) is 34.5 Å². The first-order valence-electron chi connectivity index (χ1n) is 8.58. The van der Waals surface area contributed by atoms with Crippen LogP contribution in [0.5, 0.6) is 0 Å². The highest BCUT2D eigenvalue weighted by molar-refractivity contribution is 7.17. The van der Waals surface area contributed by atoms with Crippen LogP contribution in [0.25, 0.3) is 16.1 Å². The Balaban J connectivity index is 1.61. The number of nitrogens with zero attached hydrogens (tertiary/aromatic N) is 3. The van der Waals surface area contributed by atoms with Gasteiger partial charge in [0.2, 0.25) is 5.78 Å². The zero-order valence-electron chi connectivity index (χ0n) is 14.9. The molecule has 1 atom stereocenters. The number of amides is 2. The molecule has 2 amide bonds. The minimum Gasteiger partial charge on any atom is -0.463 e. The molecular formula is C19H15N5O4S. The van der Waals surface area contributed by atoms with E-state index in [9.17, 15) is 14.4 Å². The number of rotatable bonds is 7. The summed E-state index contributed by atoms with van der Waals surface area (Å²) in [6.45, 7) is 0. The number of carbonyl (C=O) groups excluding carboxylic acids is 3. The average molecular weight is 409 g/mol. The van der Waals surface area contributed by atoms with E-state index >= 15 is 0 Å². The molecule has 0 saturated heterocycles. The number of pyridine rings is 1. The molecule has 4 heterocycles. The summed E-state index contributed by atoms with van der Waals surface area (Å²) in [7, 11) is 0. The van der Waals surface area contributed by atoms with Gasteiger partial charge in [-0.3, -0.25) is 14.4 Å². The normalized spacial score (nSPS) is 12.0. The van der Waals surface area contributed by atoms with Gasteiger partial charge in [0.25, 0.3) is 11.8 Å². The summed E-state index contributed by atoms with van der Waals surface area (Å²) < 4.78 is 7.62. The summed E-state index contributed by atoms with van der Waals surface area (Å²) in [5, 5.41) is 8.55. The van der Waals surface area contributed by atoms with Crippen LogP contribution in [0, 0.1) is 0 Å². The lowest BCUT2D eigenvalue weighted by Crippen LogP contribution is -2.47. The minimum atomic E-state index is -1.14. The molecule has 0 spiro atoms. The zero-order valence-corrected chi connectivity index (χ0v) is 15.8. The van der Waals surface area contributed by atoms with Crippen molar-refractivity contribution in [2.75, 3.05) is 0 Å². The molecule has 0 radical (unpaired) electrons. The number of aromatic nitrogens is 3. The molecule has 0 bridgehead atoms. The third-order valence-electron chi connectivity index (χ3n) is 4.28. The van der Waals surface area contributed by atoms with E-state index in [0.717, 1.165) is 4.70 Å². The number of furan rings is 1. The maximum absolute atomic E-state index is 12.9. The molecule has 10 heteroatoms. The van der Waals surface area contributed by atoms with Crippen LogP contribution in [0.2, 0.25) is 0 Å². The van der Waals surface area contributed by atoms with Gasteiger partial charge in [0, 0.05) is 18.2 Å². The lowest BCUT2D eigenvalue weighted by atomic mass is 10.0. The van der Waals surface area contributed by atoms with Gasteiger partial charge in [0.15, 0.2) is 5.82 Å². The van der Waals surface area contributed by atoms with Crippen molar-refractivity contribution in [1.29, 1.82) is 0 Å². The molecular weight excluding hydrogens is 394 g/mol. The Bertz CT molecular complexity index is 1190. The number of hydrogen-bond donors (Lipinski definition) is 2. The van der Waals surface area contributed by atoms with Crippen molar-refractivity contribution < 1.29 is 18.8 Å². The van der Waals surface area contributed by atoms with Crippen LogP contribution in [-0.4, -0.2) is 38.4 Å². The van der Waals surface area contributed by atoms with E-state index in [4.69, 9.17) is 10.2 Å². The molecule has 9 nitrogen and oxygen atoms in total. The molecule has 29 heavy (non-hydrogen) atoms. The lowest BCUT2D eigenvalue weighted by Gasteiger charge is -2.16. The van der Waals surface area contributed by atoms with E-state index < -0.39 is 23.6 Å². The predicted molar refractivity (Wildman–Crippen MR) is 105 cm³/mol. The Kier molecular flexibility index (Phi) is 4.92. The Morgan fingerprint density at radius 3 is 2.83 bits per heavy atom. The van der Waals surface area contributed by atoms with Gasteiger partial charge in [-0.15, -0.1) is 11.3 Å². The van der Waals surface area contributed by atoms with E-state index in [1.54, 1.807) is 30.5 Å². The second-order valence-corrected chi connectivity index (χ2v) is 7.07. The van der Waals surface area contributed by atoms with E-state index in [0.29, 0.717) is 17.0 Å². The Morgan fingerprint density at radius 1 is 1.21 bits per heavy atom. The van der Waals surface area contributed by atoms with Crippen LogP contribution in [-0.2, 0) is 16.0 Å². The number of hydrogen-bond acceptors (Lipinski definition) is 7. The Labute approximate surface area is 168 Å². The topological polar surface area (TPSA) is 133 Å². The molecule has 0 fully saturated rings. The quantitative estimate of drug-likeness (QED) is 0.444. The van der Waals surface area contributed by atoms with Gasteiger partial charge in [-0.05, 0) is 29.6 Å². The number of carbonyl (C=O) groups is 3. The van der Waals surface area contributed by atoms with Crippen molar-refractivity contribution in [3.8, 4) is 5.82 Å². The molecule has 0 aliphatic heterocycles. The smallest absolute Gasteiger partial charge is 0.287 e. The SMILES string of the molecule is NC(=O)C(=O)C(Cc1coc2ccsc12)NC(=O)c1ccnn1-c1ccccn1. The van der Waals surface area contributed by atoms with Crippen molar-refractivity contribution in [2.45, 2.75) is 12.5 Å². The molecule has 0 aliphatic carbocycles. The molecule has 4 rings (SSSR count). The van der Waals surface area contributed by atoms with Crippen molar-refractivity contribution in [3.63, 3.8) is 0 Å². The van der Waals surface area contributed by atoms with E-state index in [2.05, 4.69) is 15.4 Å². The summed E-state index contributed by atoms with van der Waals surface area (Å²) in [6, 6.07) is 7.34. The number of primary amides is 1. The highest BCUT2D eigenvalue weighted by atomic mass is 32.1. The minimum absolute atomic E-state index is 0.0682. The summed E-state index contributed by atoms with van der Waals surface area (Å²) in [4.78, 5) is 40.9. The Hall–Kier alpha value is -3.79. The van der Waals surface area contributed by atoms with E-state index in [1.807, 2.05) is 5.38 Å². The van der Waals surface area contributed by atoms with Crippen molar-refractivity contribution in [2.24, 2.45) is 5.73 Å². The standard InChI is InChI=1S/C19H15N5O4S/c20-18(26)16(25)12(9-11-10-28-14-5-8-29-17(11)14)23-19(27)13-4-7-22-24(13)15-3-1-2-6-21-15/h1-8,10,12H,9H2,(H2,20,26)(H,23,27). The summed E-state index contributed by atoms with van der Waals surface area (Å²) in [5.74, 6) is -2.16. The largest absolute Gasteiger partial charge is 0.463 e. The van der Waals surface area contributed by atoms with Gasteiger partial charge in [-0.2, -0.15) is 5.10 Å². The molecule has 3 N–H and O–H groups in total. The first-order chi connectivity index (χ1) is 14.0. The molecule has 146 valence electrons. The van der Waals surface area contributed by atoms with Gasteiger partial charge in [0.1, 0.15) is 17.3 Å². The van der Waals surface area contributed by atoms with Crippen LogP contribution < -0.4 is 11.1 Å². The number of thiophene rings is 1. The first kappa shape index (κ1) is 18.6. The molecule has 0 saturated carbocycles. The third-order valence-corrected chi connectivity index (χ3v) is 5.25. The van der Waals surface area contributed by atoms with E-state index in [-0.39, 0.29) is 12.1 Å². The van der Waals surface area contributed by atoms with Crippen LogP contribution in [0.1, 0.15) is 16.1 Å². The van der Waals surface area contributed by atoms with Crippen LogP contribution >= 0.6 is 11.3 Å². The number of ketones is 1. The Morgan fingerprint density at radius 2 is 2.07 bits per heavy atom. The van der Waals surface area contributed by atoms with Crippen LogP contribution in [0.3, 0.4) is 0 Å². The number of fused-ring (bicyclic) bond motifs is 1. The summed E-state index contributed by atoms with van der Waals surface area (Å²) in [5.41, 5.74) is 6.73. The fourth-order valence-corrected chi connectivity index (χ4v) is 3.77. The second kappa shape index (κ2) is 7.68. The van der Waals surface area contributed by atoms with Gasteiger partial charge >= 0.3 is 0 Å². The summed E-state index contributed by atoms with van der Waals surface area (Å²) in [6.07, 6.45) is 4.59. The van der Waals surface area contributed by atoms with Gasteiger partial charge in [-0.25, -0.2) is 9.67 Å². The zero-order chi connectivity index (χ0) is 20.4. The fraction of sp³-hybridized carbons (Fsp3) is 0.105. The highest BCUT2D eigenvalue weighted by Gasteiger charge is 2.28. The maximum Gasteiger partial charge on any atom is 0.287 e. The maximum atomic E-state index is 12.9. The number of Topliss-reactive ketones (excluding diaryl/α,β-unsaturated/α-hetero) is 1. The van der Waals surface area contributed by atoms with Crippen molar-refractivity contribution in [3.05, 3.63) is 65.6 Å². The van der Waals surface area contributed by atoms with Crippen molar-refractivity contribution >= 4 is 39.2 Å². The molecule has 1 unspecified atom stereocenters. The van der Waals surface area contributed by atoms with Crippen LogP contribution in [0.4, 0.5) is 0 Å². The van der Waals surface area contributed by atoms with Gasteiger partial charge in [-0.1, -0.05) is 6.07 Å². The monoisotopic (exact) mass is 409 g/mol. The number of nitrogens with two attached hydrogens (primary N) is 1. The molecule has 4 aromatic rings. The molecule has 0 aliphatic rings. The van der Waals surface area contributed by atoms with Crippen LogP contribution in [0.15, 0.2) is 58.8 Å². The molecule has 0 aromatic carbocycles. The second-order valence-electron chi connectivity index (χ2n) is 6.15. The highest BCUT2D eigenvalue weighted by Crippen LogP contribution is 2.27. The molecule has 4 aromatic heterocycles. The third kappa shape index (κ3) is 3.65. The average Bonchev–Trinajstić information content (AvgIpc) is 3.45. The number of nitrogens with one attached hydrogen (secondary N) is 1. The fourth-order valence-electron chi connectivity index (χ4n) is 2.92. The predicted octanol–water partition coefficient (Wildman–Crippen LogP) is 1.47. The lowest BCUT2D eigenvalue weighted by molar-refractivity contribution is -0.137. The van der Waals surface area contributed by atoms with Gasteiger partial charge in [0.05, 0.1) is 17.2 Å². The summed E-state index contributed by atoms with van der Waals surface area (Å²) >= 11 is 1.44. The first-order valence-corrected chi connectivity index (χ1v) is 9.46. The van der Waals surface area contributed by atoms with Crippen molar-refractivity contribution in [1.82, 2.24) is 20.1 Å². The van der Waals surface area contributed by atoms with Gasteiger partial charge < -0.3 is 15.5 Å².